The number of rotatable bonds is 4. The van der Waals surface area contributed by atoms with E-state index in [4.69, 9.17) is 0 Å². The molecule has 0 saturated carbocycles. The van der Waals surface area contributed by atoms with Crippen molar-refractivity contribution in [1.82, 2.24) is 14.5 Å². The molecule has 146 valence electrons. The molecule has 1 N–H and O–H groups in total. The van der Waals surface area contributed by atoms with Crippen LogP contribution in [0.4, 0.5) is 5.69 Å². The lowest BCUT2D eigenvalue weighted by molar-refractivity contribution is -0.385. The average molecular weight is 408 g/mol. The molecule has 0 bridgehead atoms. The van der Waals surface area contributed by atoms with Crippen LogP contribution in [0.15, 0.2) is 52.2 Å². The number of H-pyrrole nitrogens is 1. The van der Waals surface area contributed by atoms with Gasteiger partial charge in [-0.15, -0.1) is 11.3 Å². The molecular formula is C20H16N4O4S. The van der Waals surface area contributed by atoms with E-state index in [1.807, 2.05) is 38.1 Å². The maximum Gasteiger partial charge on any atom is 0.285 e. The molecule has 29 heavy (non-hydrogen) atoms. The molecule has 9 heteroatoms. The van der Waals surface area contributed by atoms with Crippen molar-refractivity contribution in [1.29, 1.82) is 0 Å². The van der Waals surface area contributed by atoms with Gasteiger partial charge in [-0.3, -0.25) is 19.7 Å². The SMILES string of the molecule is Cc1ccc(-c2c(C)sc3nc(Cn4cc([N+](=O)[O-])ccc4=O)[nH]c(=O)c23)cc1. The number of aromatic amines is 1. The number of fused-ring (bicyclic) bond motifs is 1. The molecule has 0 saturated heterocycles. The van der Waals surface area contributed by atoms with Gasteiger partial charge in [-0.1, -0.05) is 29.8 Å². The molecule has 0 atom stereocenters. The van der Waals surface area contributed by atoms with Crippen molar-refractivity contribution in [2.24, 2.45) is 0 Å². The molecular weight excluding hydrogens is 392 g/mol. The van der Waals surface area contributed by atoms with Gasteiger partial charge >= 0.3 is 0 Å². The van der Waals surface area contributed by atoms with Gasteiger partial charge in [-0.2, -0.15) is 0 Å². The third-order valence-corrected chi connectivity index (χ3v) is 5.63. The summed E-state index contributed by atoms with van der Waals surface area (Å²) in [5.41, 5.74) is 1.99. The van der Waals surface area contributed by atoms with Gasteiger partial charge in [0, 0.05) is 22.6 Å². The zero-order chi connectivity index (χ0) is 20.7. The second-order valence-electron chi connectivity index (χ2n) is 6.70. The van der Waals surface area contributed by atoms with Gasteiger partial charge in [0.2, 0.25) is 0 Å². The number of nitrogens with zero attached hydrogens (tertiary/aromatic N) is 3. The Morgan fingerprint density at radius 3 is 2.55 bits per heavy atom. The van der Waals surface area contributed by atoms with Crippen molar-refractivity contribution in [3.8, 4) is 11.1 Å². The number of nitrogens with one attached hydrogen (secondary N) is 1. The topological polar surface area (TPSA) is 111 Å². The minimum atomic E-state index is -0.578. The van der Waals surface area contributed by atoms with Gasteiger partial charge in [-0.25, -0.2) is 4.98 Å². The fraction of sp³-hybridized carbons (Fsp3) is 0.150. The largest absolute Gasteiger partial charge is 0.308 e. The summed E-state index contributed by atoms with van der Waals surface area (Å²) in [6.45, 7) is 3.87. The highest BCUT2D eigenvalue weighted by Crippen LogP contribution is 2.35. The molecule has 0 spiro atoms. The highest BCUT2D eigenvalue weighted by Gasteiger charge is 2.17. The van der Waals surface area contributed by atoms with Crippen molar-refractivity contribution in [3.05, 3.63) is 89.7 Å². The van der Waals surface area contributed by atoms with E-state index in [1.54, 1.807) is 0 Å². The molecule has 0 aliphatic heterocycles. The van der Waals surface area contributed by atoms with Gasteiger partial charge in [0.25, 0.3) is 16.8 Å². The van der Waals surface area contributed by atoms with Crippen molar-refractivity contribution in [2.75, 3.05) is 0 Å². The van der Waals surface area contributed by atoms with Gasteiger partial charge in [-0.05, 0) is 19.4 Å². The maximum absolute atomic E-state index is 12.8. The summed E-state index contributed by atoms with van der Waals surface area (Å²) in [6.07, 6.45) is 1.14. The molecule has 3 heterocycles. The summed E-state index contributed by atoms with van der Waals surface area (Å²) in [6, 6.07) is 10.2. The number of thiophene rings is 1. The molecule has 0 aliphatic rings. The van der Waals surface area contributed by atoms with Crippen molar-refractivity contribution in [3.63, 3.8) is 0 Å². The fourth-order valence-electron chi connectivity index (χ4n) is 3.22. The summed E-state index contributed by atoms with van der Waals surface area (Å²) in [5, 5.41) is 11.5. The first-order valence-corrected chi connectivity index (χ1v) is 9.59. The van der Waals surface area contributed by atoms with Crippen LogP contribution in [-0.2, 0) is 6.54 Å². The lowest BCUT2D eigenvalue weighted by atomic mass is 10.0. The number of benzene rings is 1. The van der Waals surface area contributed by atoms with E-state index in [-0.39, 0.29) is 23.6 Å². The molecule has 0 unspecified atom stereocenters. The Hall–Kier alpha value is -3.59. The number of nitro groups is 1. The minimum Gasteiger partial charge on any atom is -0.308 e. The third-order valence-electron chi connectivity index (χ3n) is 4.63. The molecule has 0 fully saturated rings. The van der Waals surface area contributed by atoms with Crippen molar-refractivity contribution in [2.45, 2.75) is 20.4 Å². The van der Waals surface area contributed by atoms with Gasteiger partial charge < -0.3 is 9.55 Å². The number of hydrogen-bond donors (Lipinski definition) is 1. The predicted molar refractivity (Wildman–Crippen MR) is 112 cm³/mol. The van der Waals surface area contributed by atoms with Gasteiger partial charge in [0.05, 0.1) is 23.1 Å². The van der Waals surface area contributed by atoms with Crippen LogP contribution in [0.25, 0.3) is 21.3 Å². The Bertz CT molecular complexity index is 1370. The van der Waals surface area contributed by atoms with E-state index in [0.717, 1.165) is 44.5 Å². The normalized spacial score (nSPS) is 11.1. The fourth-order valence-corrected chi connectivity index (χ4v) is 4.28. The quantitative estimate of drug-likeness (QED) is 0.411. The predicted octanol–water partition coefficient (Wildman–Crippen LogP) is 3.39. The van der Waals surface area contributed by atoms with Crippen LogP contribution in [0.5, 0.6) is 0 Å². The zero-order valence-electron chi connectivity index (χ0n) is 15.6. The summed E-state index contributed by atoms with van der Waals surface area (Å²) < 4.78 is 1.16. The Kier molecular flexibility index (Phi) is 4.59. The Morgan fingerprint density at radius 1 is 1.14 bits per heavy atom. The number of hydrogen-bond acceptors (Lipinski definition) is 6. The van der Waals surface area contributed by atoms with Crippen LogP contribution in [0.2, 0.25) is 0 Å². The van der Waals surface area contributed by atoms with E-state index in [1.165, 1.54) is 11.3 Å². The lowest BCUT2D eigenvalue weighted by Crippen LogP contribution is -2.22. The van der Waals surface area contributed by atoms with Gasteiger partial charge in [0.1, 0.15) is 10.7 Å². The second-order valence-corrected chi connectivity index (χ2v) is 7.91. The molecule has 0 amide bonds. The Labute approximate surface area is 168 Å². The Balaban J connectivity index is 1.81. The number of aryl methyl sites for hydroxylation is 2. The standard InChI is InChI=1S/C20H16N4O4S/c1-11-3-5-13(6-4-11)17-12(2)29-20-18(17)19(26)21-15(22-20)10-23-9-14(24(27)28)7-8-16(23)25/h3-9H,10H2,1-2H3,(H,21,22,26). The van der Waals surface area contributed by atoms with Crippen LogP contribution in [0.3, 0.4) is 0 Å². The van der Waals surface area contributed by atoms with Crippen LogP contribution < -0.4 is 11.1 Å². The Morgan fingerprint density at radius 2 is 1.86 bits per heavy atom. The van der Waals surface area contributed by atoms with E-state index in [9.17, 15) is 19.7 Å². The van der Waals surface area contributed by atoms with Crippen LogP contribution in [0, 0.1) is 24.0 Å². The monoisotopic (exact) mass is 408 g/mol. The van der Waals surface area contributed by atoms with E-state index < -0.39 is 10.5 Å². The first-order valence-electron chi connectivity index (χ1n) is 8.77. The number of aromatic nitrogens is 3. The molecule has 0 aliphatic carbocycles. The minimum absolute atomic E-state index is 0.0670. The molecule has 0 radical (unpaired) electrons. The smallest absolute Gasteiger partial charge is 0.285 e. The highest BCUT2D eigenvalue weighted by molar-refractivity contribution is 7.19. The summed E-state index contributed by atoms with van der Waals surface area (Å²) >= 11 is 1.40. The third kappa shape index (κ3) is 3.47. The second kappa shape index (κ2) is 7.10. The van der Waals surface area contributed by atoms with E-state index in [2.05, 4.69) is 9.97 Å². The summed E-state index contributed by atoms with van der Waals surface area (Å²) in [4.78, 5) is 44.0. The van der Waals surface area contributed by atoms with E-state index in [0.29, 0.717) is 10.2 Å². The van der Waals surface area contributed by atoms with Crippen LogP contribution >= 0.6 is 11.3 Å². The maximum atomic E-state index is 12.8. The number of pyridine rings is 1. The van der Waals surface area contributed by atoms with Crippen LogP contribution in [0.1, 0.15) is 16.3 Å². The molecule has 1 aromatic carbocycles. The van der Waals surface area contributed by atoms with Crippen LogP contribution in [-0.4, -0.2) is 19.5 Å². The first-order chi connectivity index (χ1) is 13.8. The zero-order valence-corrected chi connectivity index (χ0v) is 16.4. The van der Waals surface area contributed by atoms with Gasteiger partial charge in [0.15, 0.2) is 0 Å². The lowest BCUT2D eigenvalue weighted by Gasteiger charge is -2.06. The summed E-state index contributed by atoms with van der Waals surface area (Å²) in [7, 11) is 0. The van der Waals surface area contributed by atoms with Crippen molar-refractivity contribution < 1.29 is 4.92 Å². The summed E-state index contributed by atoms with van der Waals surface area (Å²) in [5.74, 6) is 0.266. The average Bonchev–Trinajstić information content (AvgIpc) is 3.00. The van der Waals surface area contributed by atoms with E-state index >= 15 is 0 Å². The highest BCUT2D eigenvalue weighted by atomic mass is 32.1. The first kappa shape index (κ1) is 18.8. The van der Waals surface area contributed by atoms with Crippen molar-refractivity contribution >= 4 is 27.2 Å². The molecule has 8 nitrogen and oxygen atoms in total. The molecule has 4 aromatic rings. The molecule has 4 rings (SSSR count). The molecule has 3 aromatic heterocycles.